The van der Waals surface area contributed by atoms with Crippen LogP contribution >= 0.6 is 0 Å². The third-order valence-electron chi connectivity index (χ3n) is 4.78. The van der Waals surface area contributed by atoms with Gasteiger partial charge in [0.15, 0.2) is 0 Å². The maximum absolute atomic E-state index is 13.7. The maximum atomic E-state index is 13.7. The molecule has 1 saturated carbocycles. The molecule has 1 atom stereocenters. The molecule has 0 radical (unpaired) electrons. The molecule has 0 spiro atoms. The van der Waals surface area contributed by atoms with Gasteiger partial charge in [-0.1, -0.05) is 6.92 Å². The van der Waals surface area contributed by atoms with E-state index in [0.29, 0.717) is 5.56 Å². The van der Waals surface area contributed by atoms with Crippen molar-refractivity contribution in [3.63, 3.8) is 0 Å². The molecule has 0 saturated heterocycles. The lowest BCUT2D eigenvalue weighted by molar-refractivity contribution is -0.127. The predicted octanol–water partition coefficient (Wildman–Crippen LogP) is 2.40. The lowest BCUT2D eigenvalue weighted by atomic mass is 9.82. The molecule has 2 N–H and O–H groups in total. The average Bonchev–Trinajstić information content (AvgIpc) is 2.54. The highest BCUT2D eigenvalue weighted by molar-refractivity contribution is 5.88. The zero-order valence-corrected chi connectivity index (χ0v) is 14.9. The van der Waals surface area contributed by atoms with Gasteiger partial charge in [-0.25, -0.2) is 4.39 Å². The predicted molar refractivity (Wildman–Crippen MR) is 92.1 cm³/mol. The van der Waals surface area contributed by atoms with Crippen LogP contribution in [0.25, 0.3) is 0 Å². The molecule has 6 heteroatoms. The highest BCUT2D eigenvalue weighted by Crippen LogP contribution is 2.25. The quantitative estimate of drug-likeness (QED) is 0.830. The van der Waals surface area contributed by atoms with Crippen LogP contribution in [-0.4, -0.2) is 24.4 Å². The highest BCUT2D eigenvalue weighted by atomic mass is 19.1. The smallest absolute Gasteiger partial charge is 0.230 e. The lowest BCUT2D eigenvalue weighted by Gasteiger charge is -2.28. The number of carbonyl (C=O) groups excluding carboxylic acids is 2. The number of rotatable bonds is 6. The second-order valence-corrected chi connectivity index (χ2v) is 7.21. The number of amides is 2. The number of hydrogen-bond donors (Lipinski definition) is 2. The van der Waals surface area contributed by atoms with Crippen LogP contribution in [0.1, 0.15) is 51.2 Å². The lowest BCUT2D eigenvalue weighted by Crippen LogP contribution is -2.47. The van der Waals surface area contributed by atoms with Crippen molar-refractivity contribution in [2.75, 3.05) is 6.54 Å². The SMILES string of the molecule is C[C@H](CNC(=O)C(C)(C)c1cc(F)cc(C#N)c1)C(=O)NC1CCC1. The Morgan fingerprint density at radius 2 is 2.04 bits per heavy atom. The maximum Gasteiger partial charge on any atom is 0.230 e. The Morgan fingerprint density at radius 3 is 2.60 bits per heavy atom. The average molecular weight is 345 g/mol. The fraction of sp³-hybridized carbons (Fsp3) is 0.526. The summed E-state index contributed by atoms with van der Waals surface area (Å²) in [5.74, 6) is -1.28. The Morgan fingerprint density at radius 1 is 1.36 bits per heavy atom. The molecule has 1 aliphatic carbocycles. The first-order valence-corrected chi connectivity index (χ1v) is 8.54. The van der Waals surface area contributed by atoms with Gasteiger partial charge in [-0.2, -0.15) is 5.26 Å². The highest BCUT2D eigenvalue weighted by Gasteiger charge is 2.31. The molecule has 5 nitrogen and oxygen atoms in total. The summed E-state index contributed by atoms with van der Waals surface area (Å²) in [5, 5.41) is 14.7. The molecule has 0 unspecified atom stereocenters. The Hall–Kier alpha value is -2.42. The Balaban J connectivity index is 1.97. The second kappa shape index (κ2) is 7.64. The number of nitriles is 1. The van der Waals surface area contributed by atoms with Gasteiger partial charge in [-0.15, -0.1) is 0 Å². The number of halogens is 1. The third kappa shape index (κ3) is 4.56. The minimum atomic E-state index is -1.02. The second-order valence-electron chi connectivity index (χ2n) is 7.21. The van der Waals surface area contributed by atoms with E-state index in [1.807, 2.05) is 6.07 Å². The van der Waals surface area contributed by atoms with E-state index in [0.717, 1.165) is 25.3 Å². The fourth-order valence-electron chi connectivity index (χ4n) is 2.60. The van der Waals surface area contributed by atoms with Crippen molar-refractivity contribution < 1.29 is 14.0 Å². The number of benzene rings is 1. The summed E-state index contributed by atoms with van der Waals surface area (Å²) in [4.78, 5) is 24.6. The topological polar surface area (TPSA) is 82.0 Å². The molecule has 0 bridgehead atoms. The molecule has 1 aliphatic rings. The third-order valence-corrected chi connectivity index (χ3v) is 4.78. The standard InChI is InChI=1S/C19H24FN3O2/c1-12(17(24)23-16-5-4-6-16)11-22-18(25)19(2,3)14-7-13(10-21)8-15(20)9-14/h7-9,12,16H,4-6,11H2,1-3H3,(H,22,25)(H,23,24)/t12-/m1/s1. The minimum absolute atomic E-state index is 0.0691. The molecule has 1 aromatic carbocycles. The van der Waals surface area contributed by atoms with Gasteiger partial charge in [-0.05, 0) is 56.9 Å². The summed E-state index contributed by atoms with van der Waals surface area (Å²) < 4.78 is 13.7. The van der Waals surface area contributed by atoms with Crippen LogP contribution in [0.5, 0.6) is 0 Å². The molecule has 134 valence electrons. The Kier molecular flexibility index (Phi) is 5.78. The van der Waals surface area contributed by atoms with Crippen molar-refractivity contribution in [3.8, 4) is 6.07 Å². The molecule has 1 aromatic rings. The minimum Gasteiger partial charge on any atom is -0.355 e. The molecular weight excluding hydrogens is 321 g/mol. The van der Waals surface area contributed by atoms with E-state index in [9.17, 15) is 14.0 Å². The van der Waals surface area contributed by atoms with Crippen LogP contribution in [0.2, 0.25) is 0 Å². The van der Waals surface area contributed by atoms with Crippen molar-refractivity contribution in [1.29, 1.82) is 5.26 Å². The van der Waals surface area contributed by atoms with Crippen LogP contribution in [0.4, 0.5) is 4.39 Å². The zero-order chi connectivity index (χ0) is 18.6. The molecule has 25 heavy (non-hydrogen) atoms. The summed E-state index contributed by atoms with van der Waals surface area (Å²) >= 11 is 0. The number of carbonyl (C=O) groups is 2. The molecule has 0 heterocycles. The van der Waals surface area contributed by atoms with E-state index < -0.39 is 11.2 Å². The van der Waals surface area contributed by atoms with Gasteiger partial charge in [0.1, 0.15) is 5.82 Å². The molecule has 1 fully saturated rings. The van der Waals surface area contributed by atoms with E-state index in [1.54, 1.807) is 20.8 Å². The zero-order valence-electron chi connectivity index (χ0n) is 14.9. The summed E-state index contributed by atoms with van der Waals surface area (Å²) in [6.45, 7) is 5.30. The van der Waals surface area contributed by atoms with E-state index in [4.69, 9.17) is 5.26 Å². The first-order valence-electron chi connectivity index (χ1n) is 8.54. The van der Waals surface area contributed by atoms with E-state index in [1.165, 1.54) is 12.1 Å². The van der Waals surface area contributed by atoms with Gasteiger partial charge in [-0.3, -0.25) is 9.59 Å². The van der Waals surface area contributed by atoms with Crippen molar-refractivity contribution >= 4 is 11.8 Å². The van der Waals surface area contributed by atoms with E-state index in [2.05, 4.69) is 10.6 Å². The largest absolute Gasteiger partial charge is 0.355 e. The van der Waals surface area contributed by atoms with Gasteiger partial charge in [0.25, 0.3) is 0 Å². The number of hydrogen-bond acceptors (Lipinski definition) is 3. The van der Waals surface area contributed by atoms with Crippen LogP contribution in [0, 0.1) is 23.1 Å². The normalized spacial score (nSPS) is 15.6. The monoisotopic (exact) mass is 345 g/mol. The van der Waals surface area contributed by atoms with Gasteiger partial charge in [0.05, 0.1) is 23.0 Å². The molecular formula is C19H24FN3O2. The number of nitrogens with zero attached hydrogens (tertiary/aromatic N) is 1. The van der Waals surface area contributed by atoms with Crippen molar-refractivity contribution in [2.45, 2.75) is 51.5 Å². The van der Waals surface area contributed by atoms with Gasteiger partial charge in [0.2, 0.25) is 11.8 Å². The van der Waals surface area contributed by atoms with E-state index in [-0.39, 0.29) is 35.9 Å². The van der Waals surface area contributed by atoms with Crippen LogP contribution in [-0.2, 0) is 15.0 Å². The first kappa shape index (κ1) is 18.9. The van der Waals surface area contributed by atoms with Crippen LogP contribution in [0.3, 0.4) is 0 Å². The molecule has 2 amide bonds. The first-order chi connectivity index (χ1) is 11.7. The molecule has 0 aliphatic heterocycles. The molecule has 2 rings (SSSR count). The van der Waals surface area contributed by atoms with E-state index >= 15 is 0 Å². The van der Waals surface area contributed by atoms with Crippen molar-refractivity contribution in [3.05, 3.63) is 35.1 Å². The van der Waals surface area contributed by atoms with Gasteiger partial charge in [0, 0.05) is 12.6 Å². The Labute approximate surface area is 147 Å². The summed E-state index contributed by atoms with van der Waals surface area (Å²) in [7, 11) is 0. The molecule has 0 aromatic heterocycles. The summed E-state index contributed by atoms with van der Waals surface area (Å²) in [6.07, 6.45) is 3.17. The summed E-state index contributed by atoms with van der Waals surface area (Å²) in [6, 6.07) is 6.05. The van der Waals surface area contributed by atoms with Crippen LogP contribution < -0.4 is 10.6 Å². The number of nitrogens with one attached hydrogen (secondary N) is 2. The van der Waals surface area contributed by atoms with Gasteiger partial charge < -0.3 is 10.6 Å². The van der Waals surface area contributed by atoms with Gasteiger partial charge >= 0.3 is 0 Å². The van der Waals surface area contributed by atoms with Crippen molar-refractivity contribution in [2.24, 2.45) is 5.92 Å². The Bertz CT molecular complexity index is 705. The van der Waals surface area contributed by atoms with Crippen molar-refractivity contribution in [1.82, 2.24) is 10.6 Å². The van der Waals surface area contributed by atoms with Crippen LogP contribution in [0.15, 0.2) is 18.2 Å². The fourth-order valence-corrected chi connectivity index (χ4v) is 2.60. The summed E-state index contributed by atoms with van der Waals surface area (Å²) in [5.41, 5.74) is -0.421.